The van der Waals surface area contributed by atoms with E-state index in [0.717, 1.165) is 16.7 Å². The number of carbonyl (C=O) groups excluding carboxylic acids is 2. The zero-order chi connectivity index (χ0) is 20.3. The van der Waals surface area contributed by atoms with E-state index in [0.29, 0.717) is 25.7 Å². The Morgan fingerprint density at radius 2 is 1.21 bits per heavy atom. The summed E-state index contributed by atoms with van der Waals surface area (Å²) in [6.07, 6.45) is 5.66. The van der Waals surface area contributed by atoms with Gasteiger partial charge in [-0.3, -0.25) is 9.59 Å². The van der Waals surface area contributed by atoms with Crippen LogP contribution in [0.1, 0.15) is 29.5 Å². The first-order chi connectivity index (χ1) is 14.2. The maximum absolute atomic E-state index is 12.9. The van der Waals surface area contributed by atoms with Crippen molar-refractivity contribution in [3.63, 3.8) is 0 Å². The molecule has 146 valence electrons. The second kappa shape index (κ2) is 10.9. The molecule has 0 aromatic heterocycles. The molecule has 2 nitrogen and oxygen atoms in total. The summed E-state index contributed by atoms with van der Waals surface area (Å²) < 4.78 is 0. The van der Waals surface area contributed by atoms with Crippen molar-refractivity contribution in [1.82, 2.24) is 0 Å². The van der Waals surface area contributed by atoms with Crippen molar-refractivity contribution in [2.45, 2.75) is 25.7 Å². The summed E-state index contributed by atoms with van der Waals surface area (Å²) in [6.45, 7) is 0. The second-order valence-corrected chi connectivity index (χ2v) is 7.18. The van der Waals surface area contributed by atoms with Crippen molar-refractivity contribution in [1.29, 1.82) is 0 Å². The lowest BCUT2D eigenvalue weighted by atomic mass is 9.88. The largest absolute Gasteiger partial charge is 0.299 e. The van der Waals surface area contributed by atoms with Gasteiger partial charge in [0, 0.05) is 6.42 Å². The van der Waals surface area contributed by atoms with E-state index in [1.165, 1.54) is 0 Å². The minimum Gasteiger partial charge on any atom is -0.299 e. The van der Waals surface area contributed by atoms with Crippen LogP contribution in [0.5, 0.6) is 0 Å². The molecule has 0 spiro atoms. The lowest BCUT2D eigenvalue weighted by Gasteiger charge is -2.13. The number of hydrogen-bond acceptors (Lipinski definition) is 2. The number of Topliss-reactive ketones (excluding diaryl/α,β-unsaturated/α-hetero) is 1. The standard InChI is InChI=1S/C27H26O2/c28-26(20-17-23-12-6-2-7-13-23)25(19-16-22-10-4-1-5-11-22)27(29)21-18-24-14-8-3-9-15-24/h1-15,17,20,25H,16,18-19,21H2. The molecule has 0 fully saturated rings. The molecule has 1 unspecified atom stereocenters. The zero-order valence-electron chi connectivity index (χ0n) is 16.5. The number of benzene rings is 3. The molecule has 0 bridgehead atoms. The number of carbonyl (C=O) groups is 2. The average Bonchev–Trinajstić information content (AvgIpc) is 2.78. The second-order valence-electron chi connectivity index (χ2n) is 7.18. The van der Waals surface area contributed by atoms with Crippen LogP contribution in [0, 0.1) is 5.92 Å². The van der Waals surface area contributed by atoms with Gasteiger partial charge in [0.05, 0.1) is 5.92 Å². The van der Waals surface area contributed by atoms with E-state index < -0.39 is 5.92 Å². The van der Waals surface area contributed by atoms with E-state index in [4.69, 9.17) is 0 Å². The molecule has 29 heavy (non-hydrogen) atoms. The maximum atomic E-state index is 12.9. The molecule has 0 aliphatic heterocycles. The summed E-state index contributed by atoms with van der Waals surface area (Å²) in [6, 6.07) is 29.7. The predicted molar refractivity (Wildman–Crippen MR) is 119 cm³/mol. The van der Waals surface area contributed by atoms with Gasteiger partial charge in [-0.15, -0.1) is 0 Å². The molecule has 2 heteroatoms. The molecule has 3 aromatic carbocycles. The van der Waals surface area contributed by atoms with Gasteiger partial charge in [0.15, 0.2) is 5.78 Å². The van der Waals surface area contributed by atoms with Crippen molar-refractivity contribution < 1.29 is 9.59 Å². The summed E-state index contributed by atoms with van der Waals surface area (Å²) in [5.74, 6) is -0.686. The van der Waals surface area contributed by atoms with E-state index >= 15 is 0 Å². The highest BCUT2D eigenvalue weighted by Gasteiger charge is 2.24. The highest BCUT2D eigenvalue weighted by atomic mass is 16.1. The Bertz CT molecular complexity index is 928. The van der Waals surface area contributed by atoms with E-state index in [-0.39, 0.29) is 11.6 Å². The van der Waals surface area contributed by atoms with Crippen molar-refractivity contribution in [2.75, 3.05) is 0 Å². The summed E-state index contributed by atoms with van der Waals surface area (Å²) in [5, 5.41) is 0. The molecule has 0 radical (unpaired) electrons. The molecule has 0 heterocycles. The molecule has 3 aromatic rings. The van der Waals surface area contributed by atoms with Gasteiger partial charge >= 0.3 is 0 Å². The van der Waals surface area contributed by atoms with Crippen LogP contribution in [-0.4, -0.2) is 11.6 Å². The molecule has 0 N–H and O–H groups in total. The third-order valence-electron chi connectivity index (χ3n) is 5.04. The smallest absolute Gasteiger partial charge is 0.166 e. The van der Waals surface area contributed by atoms with Gasteiger partial charge in [-0.2, -0.15) is 0 Å². The number of aryl methyl sites for hydroxylation is 2. The van der Waals surface area contributed by atoms with Crippen LogP contribution in [-0.2, 0) is 22.4 Å². The van der Waals surface area contributed by atoms with Crippen molar-refractivity contribution in [2.24, 2.45) is 5.92 Å². The van der Waals surface area contributed by atoms with Gasteiger partial charge in [0.25, 0.3) is 0 Å². The van der Waals surface area contributed by atoms with Crippen molar-refractivity contribution in [3.05, 3.63) is 114 Å². The summed E-state index contributed by atoms with van der Waals surface area (Å²) in [5.41, 5.74) is 3.22. The third kappa shape index (κ3) is 6.69. The van der Waals surface area contributed by atoms with Gasteiger partial charge in [-0.25, -0.2) is 0 Å². The number of ketones is 2. The van der Waals surface area contributed by atoms with E-state index in [1.54, 1.807) is 12.2 Å². The summed E-state index contributed by atoms with van der Waals surface area (Å²) in [4.78, 5) is 25.8. The maximum Gasteiger partial charge on any atom is 0.166 e. The molecule has 0 aliphatic rings. The zero-order valence-corrected chi connectivity index (χ0v) is 16.5. The fourth-order valence-electron chi connectivity index (χ4n) is 3.36. The topological polar surface area (TPSA) is 34.1 Å². The molecule has 0 amide bonds. The highest BCUT2D eigenvalue weighted by molar-refractivity contribution is 6.09. The first kappa shape index (κ1) is 20.5. The Morgan fingerprint density at radius 1 is 0.690 bits per heavy atom. The van der Waals surface area contributed by atoms with Gasteiger partial charge < -0.3 is 0 Å². The Hall–Kier alpha value is -3.26. The molecular formula is C27H26O2. The van der Waals surface area contributed by atoms with Crippen LogP contribution in [0.15, 0.2) is 97.1 Å². The van der Waals surface area contributed by atoms with Crippen LogP contribution >= 0.6 is 0 Å². The van der Waals surface area contributed by atoms with Crippen LogP contribution in [0.3, 0.4) is 0 Å². The molecular weight excluding hydrogens is 356 g/mol. The van der Waals surface area contributed by atoms with Gasteiger partial charge in [-0.1, -0.05) is 97.1 Å². The molecule has 0 saturated carbocycles. The lowest BCUT2D eigenvalue weighted by Crippen LogP contribution is -2.24. The molecule has 0 aliphatic carbocycles. The molecule has 0 saturated heterocycles. The average molecular weight is 383 g/mol. The van der Waals surface area contributed by atoms with Gasteiger partial charge in [0.1, 0.15) is 5.78 Å². The van der Waals surface area contributed by atoms with E-state index in [1.807, 2.05) is 91.0 Å². The third-order valence-corrected chi connectivity index (χ3v) is 5.04. The first-order valence-corrected chi connectivity index (χ1v) is 10.1. The lowest BCUT2D eigenvalue weighted by molar-refractivity contribution is -0.130. The number of rotatable bonds is 10. The highest BCUT2D eigenvalue weighted by Crippen LogP contribution is 2.17. The summed E-state index contributed by atoms with van der Waals surface area (Å²) in [7, 11) is 0. The van der Waals surface area contributed by atoms with Crippen LogP contribution in [0.4, 0.5) is 0 Å². The van der Waals surface area contributed by atoms with Crippen LogP contribution in [0.25, 0.3) is 6.08 Å². The Labute approximate surface area is 172 Å². The van der Waals surface area contributed by atoms with Crippen molar-refractivity contribution >= 4 is 17.6 Å². The fourth-order valence-corrected chi connectivity index (χ4v) is 3.36. The number of hydrogen-bond donors (Lipinski definition) is 0. The monoisotopic (exact) mass is 382 g/mol. The number of allylic oxidation sites excluding steroid dienone is 1. The summed E-state index contributed by atoms with van der Waals surface area (Å²) >= 11 is 0. The Kier molecular flexibility index (Phi) is 7.71. The van der Waals surface area contributed by atoms with Crippen LogP contribution in [0.2, 0.25) is 0 Å². The fraction of sp³-hybridized carbons (Fsp3) is 0.185. The predicted octanol–water partition coefficient (Wildman–Crippen LogP) is 5.72. The van der Waals surface area contributed by atoms with Gasteiger partial charge in [-0.05, 0) is 42.0 Å². The minimum absolute atomic E-state index is 0.0208. The normalized spacial score (nSPS) is 12.0. The first-order valence-electron chi connectivity index (χ1n) is 10.1. The minimum atomic E-state index is -0.598. The van der Waals surface area contributed by atoms with Gasteiger partial charge in [0.2, 0.25) is 0 Å². The molecule has 1 atom stereocenters. The molecule has 3 rings (SSSR count). The van der Waals surface area contributed by atoms with E-state index in [9.17, 15) is 9.59 Å². The SMILES string of the molecule is O=C(C=Cc1ccccc1)C(CCc1ccccc1)C(=O)CCc1ccccc1. The van der Waals surface area contributed by atoms with Crippen LogP contribution < -0.4 is 0 Å². The Morgan fingerprint density at radius 3 is 1.79 bits per heavy atom. The Balaban J connectivity index is 1.68. The quantitative estimate of drug-likeness (QED) is 0.332. The van der Waals surface area contributed by atoms with E-state index in [2.05, 4.69) is 0 Å². The van der Waals surface area contributed by atoms with Crippen molar-refractivity contribution in [3.8, 4) is 0 Å².